The topological polar surface area (TPSA) is 39.9 Å². The summed E-state index contributed by atoms with van der Waals surface area (Å²) in [7, 11) is 0. The highest BCUT2D eigenvalue weighted by atomic mass is 15.2. The van der Waals surface area contributed by atoms with Crippen LogP contribution in [0.15, 0.2) is 6.07 Å². The molecule has 1 heterocycles. The third-order valence-electron chi connectivity index (χ3n) is 3.88. The van der Waals surface area contributed by atoms with Crippen LogP contribution in [0.1, 0.15) is 49.4 Å². The molecule has 0 bridgehead atoms. The summed E-state index contributed by atoms with van der Waals surface area (Å²) in [6.07, 6.45) is 6.98. The van der Waals surface area contributed by atoms with Crippen molar-refractivity contribution in [3.63, 3.8) is 0 Å². The molecule has 3 rings (SSSR count). The molecule has 18 heavy (non-hydrogen) atoms. The molecule has 1 fully saturated rings. The maximum atomic E-state index is 9.35. The van der Waals surface area contributed by atoms with Gasteiger partial charge in [0.2, 0.25) is 0 Å². The number of hydrogen-bond donors (Lipinski definition) is 0. The molecule has 94 valence electrons. The van der Waals surface area contributed by atoms with Crippen LogP contribution in [0, 0.1) is 11.3 Å². The predicted molar refractivity (Wildman–Crippen MR) is 71.6 cm³/mol. The Labute approximate surface area is 108 Å². The highest BCUT2D eigenvalue weighted by molar-refractivity contribution is 5.58. The number of hydrogen-bond acceptors (Lipinski definition) is 3. The first-order valence-corrected chi connectivity index (χ1v) is 7.03. The van der Waals surface area contributed by atoms with Gasteiger partial charge in [0.05, 0.1) is 5.56 Å². The zero-order chi connectivity index (χ0) is 12.5. The van der Waals surface area contributed by atoms with E-state index in [1.54, 1.807) is 0 Å². The number of aryl methyl sites for hydroxylation is 2. The van der Waals surface area contributed by atoms with E-state index < -0.39 is 0 Å². The van der Waals surface area contributed by atoms with E-state index in [4.69, 9.17) is 4.98 Å². The number of aromatic nitrogens is 1. The molecular weight excluding hydrogens is 222 g/mol. The van der Waals surface area contributed by atoms with Crippen molar-refractivity contribution in [1.82, 2.24) is 4.98 Å². The number of nitriles is 1. The smallest absolute Gasteiger partial charge is 0.147 e. The van der Waals surface area contributed by atoms with Gasteiger partial charge in [-0.25, -0.2) is 4.98 Å². The highest BCUT2D eigenvalue weighted by Crippen LogP contribution is 2.34. The van der Waals surface area contributed by atoms with Crippen molar-refractivity contribution in [1.29, 1.82) is 5.26 Å². The summed E-state index contributed by atoms with van der Waals surface area (Å²) < 4.78 is 0. The molecule has 1 aromatic rings. The van der Waals surface area contributed by atoms with Gasteiger partial charge in [-0.2, -0.15) is 5.26 Å². The van der Waals surface area contributed by atoms with Gasteiger partial charge >= 0.3 is 0 Å². The lowest BCUT2D eigenvalue weighted by molar-refractivity contribution is 0.746. The summed E-state index contributed by atoms with van der Waals surface area (Å²) in [5.41, 5.74) is 3.30. The van der Waals surface area contributed by atoms with Crippen LogP contribution >= 0.6 is 0 Å². The maximum Gasteiger partial charge on any atom is 0.147 e. The molecule has 0 amide bonds. The monoisotopic (exact) mass is 241 g/mol. The Kier molecular flexibility index (Phi) is 2.95. The second kappa shape index (κ2) is 4.61. The summed E-state index contributed by atoms with van der Waals surface area (Å²) >= 11 is 0. The number of nitrogens with zero attached hydrogens (tertiary/aromatic N) is 3. The van der Waals surface area contributed by atoms with E-state index in [2.05, 4.69) is 24.0 Å². The lowest BCUT2D eigenvalue weighted by Crippen LogP contribution is -2.28. The van der Waals surface area contributed by atoms with Gasteiger partial charge in [-0.15, -0.1) is 0 Å². The van der Waals surface area contributed by atoms with E-state index in [1.807, 2.05) is 0 Å². The lowest BCUT2D eigenvalue weighted by atomic mass is 10.1. The molecule has 0 unspecified atom stereocenters. The van der Waals surface area contributed by atoms with Crippen molar-refractivity contribution in [2.24, 2.45) is 0 Å². The molecule has 1 saturated carbocycles. The quantitative estimate of drug-likeness (QED) is 0.813. The third-order valence-corrected chi connectivity index (χ3v) is 3.88. The largest absolute Gasteiger partial charge is 0.353 e. The van der Waals surface area contributed by atoms with Gasteiger partial charge in [0.15, 0.2) is 0 Å². The minimum absolute atomic E-state index is 0.629. The zero-order valence-corrected chi connectivity index (χ0v) is 10.9. The molecule has 3 nitrogen and oxygen atoms in total. The average molecular weight is 241 g/mol. The molecule has 0 spiro atoms. The van der Waals surface area contributed by atoms with Crippen molar-refractivity contribution in [3.8, 4) is 6.07 Å². The van der Waals surface area contributed by atoms with Crippen LogP contribution in [-0.2, 0) is 12.8 Å². The Morgan fingerprint density at radius 1 is 1.44 bits per heavy atom. The van der Waals surface area contributed by atoms with Crippen molar-refractivity contribution in [2.75, 3.05) is 11.4 Å². The summed E-state index contributed by atoms with van der Waals surface area (Å²) in [5, 5.41) is 9.35. The molecule has 2 aliphatic carbocycles. The molecule has 0 aromatic carbocycles. The Bertz CT molecular complexity index is 497. The van der Waals surface area contributed by atoms with Crippen LogP contribution in [0.2, 0.25) is 0 Å². The normalized spacial score (nSPS) is 17.3. The lowest BCUT2D eigenvalue weighted by Gasteiger charge is -2.24. The minimum atomic E-state index is 0.629. The molecule has 0 atom stereocenters. The van der Waals surface area contributed by atoms with Gasteiger partial charge in [-0.1, -0.05) is 6.92 Å². The first kappa shape index (κ1) is 11.5. The minimum Gasteiger partial charge on any atom is -0.353 e. The predicted octanol–water partition coefficient (Wildman–Crippen LogP) is 2.82. The Hall–Kier alpha value is -1.56. The van der Waals surface area contributed by atoms with Gasteiger partial charge < -0.3 is 4.90 Å². The Morgan fingerprint density at radius 2 is 2.28 bits per heavy atom. The molecule has 0 N–H and O–H groups in total. The fourth-order valence-corrected chi connectivity index (χ4v) is 2.85. The van der Waals surface area contributed by atoms with Crippen molar-refractivity contribution in [3.05, 3.63) is 22.9 Å². The molecule has 0 aliphatic heterocycles. The summed E-state index contributed by atoms with van der Waals surface area (Å²) in [6, 6.07) is 5.05. The number of pyridine rings is 1. The van der Waals surface area contributed by atoms with Crippen LogP contribution in [0.4, 0.5) is 5.82 Å². The van der Waals surface area contributed by atoms with Crippen molar-refractivity contribution >= 4 is 5.82 Å². The molecule has 0 saturated heterocycles. The molecule has 2 aliphatic rings. The Morgan fingerprint density at radius 3 is 2.94 bits per heavy atom. The first-order valence-electron chi connectivity index (χ1n) is 7.03. The fraction of sp³-hybridized carbons (Fsp3) is 0.600. The van der Waals surface area contributed by atoms with Crippen LogP contribution in [0.3, 0.4) is 0 Å². The number of anilines is 1. The third kappa shape index (κ3) is 1.96. The fourth-order valence-electron chi connectivity index (χ4n) is 2.85. The van der Waals surface area contributed by atoms with Crippen LogP contribution < -0.4 is 4.90 Å². The van der Waals surface area contributed by atoms with E-state index in [0.717, 1.165) is 37.2 Å². The van der Waals surface area contributed by atoms with Gasteiger partial charge in [0, 0.05) is 18.3 Å². The second-order valence-corrected chi connectivity index (χ2v) is 5.36. The van der Waals surface area contributed by atoms with E-state index in [9.17, 15) is 5.26 Å². The summed E-state index contributed by atoms with van der Waals surface area (Å²) in [4.78, 5) is 7.17. The zero-order valence-electron chi connectivity index (χ0n) is 10.9. The first-order chi connectivity index (χ1) is 8.83. The van der Waals surface area contributed by atoms with Crippen LogP contribution in [0.25, 0.3) is 0 Å². The second-order valence-electron chi connectivity index (χ2n) is 5.36. The van der Waals surface area contributed by atoms with Crippen molar-refractivity contribution in [2.45, 2.75) is 51.5 Å². The van der Waals surface area contributed by atoms with Crippen LogP contribution in [0.5, 0.6) is 0 Å². The molecule has 3 heteroatoms. The maximum absolute atomic E-state index is 9.35. The number of fused-ring (bicyclic) bond motifs is 1. The van der Waals surface area contributed by atoms with Gasteiger partial charge in [0.1, 0.15) is 11.9 Å². The standard InChI is InChI=1S/C15H19N3/c1-2-8-18(13-6-7-13)15-12(10-16)9-11-4-3-5-14(11)17-15/h9,13H,2-8H2,1H3. The Balaban J connectivity index is 2.01. The van der Waals surface area contributed by atoms with Crippen LogP contribution in [-0.4, -0.2) is 17.6 Å². The summed E-state index contributed by atoms with van der Waals surface area (Å²) in [6.45, 7) is 3.21. The molecule has 0 radical (unpaired) electrons. The highest BCUT2D eigenvalue weighted by Gasteiger charge is 2.31. The van der Waals surface area contributed by atoms with Gasteiger partial charge in [-0.3, -0.25) is 0 Å². The van der Waals surface area contributed by atoms with E-state index >= 15 is 0 Å². The van der Waals surface area contributed by atoms with Gasteiger partial charge in [-0.05, 0) is 50.2 Å². The van der Waals surface area contributed by atoms with Gasteiger partial charge in [0.25, 0.3) is 0 Å². The van der Waals surface area contributed by atoms with E-state index in [-0.39, 0.29) is 0 Å². The average Bonchev–Trinajstić information content (AvgIpc) is 3.12. The number of rotatable bonds is 4. The molecular formula is C15H19N3. The molecule has 1 aromatic heterocycles. The van der Waals surface area contributed by atoms with Crippen molar-refractivity contribution < 1.29 is 0 Å². The van der Waals surface area contributed by atoms with E-state index in [0.29, 0.717) is 6.04 Å². The summed E-state index contributed by atoms with van der Waals surface area (Å²) in [5.74, 6) is 0.947. The SMILES string of the molecule is CCCN(c1nc2c(cc1C#N)CCC2)C1CC1. The van der Waals surface area contributed by atoms with E-state index in [1.165, 1.54) is 30.5 Å².